The van der Waals surface area contributed by atoms with E-state index in [-0.39, 0.29) is 22.0 Å². The first kappa shape index (κ1) is 19.8. The van der Waals surface area contributed by atoms with Gasteiger partial charge in [-0.1, -0.05) is 23.7 Å². The zero-order chi connectivity index (χ0) is 21.0. The summed E-state index contributed by atoms with van der Waals surface area (Å²) in [4.78, 5) is 33.8. The second-order valence-electron chi connectivity index (χ2n) is 5.80. The summed E-state index contributed by atoms with van der Waals surface area (Å²) in [5, 5.41) is 22.8. The molecule has 1 heterocycles. The van der Waals surface area contributed by atoms with E-state index in [2.05, 4.69) is 5.32 Å². The molecule has 0 aliphatic rings. The van der Waals surface area contributed by atoms with Crippen molar-refractivity contribution >= 4 is 40.9 Å². The van der Waals surface area contributed by atoms with Crippen molar-refractivity contribution in [1.82, 2.24) is 0 Å². The molecule has 3 aromatic rings. The van der Waals surface area contributed by atoms with Gasteiger partial charge in [0, 0.05) is 17.8 Å². The molecule has 0 unspecified atom stereocenters. The van der Waals surface area contributed by atoms with E-state index >= 15 is 0 Å². The average Bonchev–Trinajstić information content (AvgIpc) is 3.16. The number of aromatic carboxylic acids is 1. The van der Waals surface area contributed by atoms with Crippen molar-refractivity contribution in [2.75, 3.05) is 5.32 Å². The normalized spacial score (nSPS) is 10.8. The number of nitrogens with zero attached hydrogens (tertiary/aromatic N) is 1. The molecule has 0 radical (unpaired) electrons. The van der Waals surface area contributed by atoms with Gasteiger partial charge in [0.15, 0.2) is 0 Å². The number of nitro benzene ring substituents is 1. The molecule has 0 spiro atoms. The number of benzene rings is 2. The lowest BCUT2D eigenvalue weighted by molar-refractivity contribution is -0.384. The van der Waals surface area contributed by atoms with Gasteiger partial charge in [0.1, 0.15) is 11.5 Å². The summed E-state index contributed by atoms with van der Waals surface area (Å²) in [5.41, 5.74) is 0.367. The molecule has 3 rings (SSSR count). The van der Waals surface area contributed by atoms with Crippen LogP contribution in [0.2, 0.25) is 5.02 Å². The summed E-state index contributed by atoms with van der Waals surface area (Å²) in [6, 6.07) is 13.4. The maximum Gasteiger partial charge on any atom is 0.337 e. The fraction of sp³-hybridized carbons (Fsp3) is 0. The van der Waals surface area contributed by atoms with Gasteiger partial charge in [0.2, 0.25) is 5.91 Å². The molecule has 0 bridgehead atoms. The number of furan rings is 1. The summed E-state index contributed by atoms with van der Waals surface area (Å²) < 4.78 is 5.56. The smallest absolute Gasteiger partial charge is 0.337 e. The van der Waals surface area contributed by atoms with Crippen LogP contribution >= 0.6 is 11.6 Å². The highest BCUT2D eigenvalue weighted by molar-refractivity contribution is 6.33. The third-order valence-electron chi connectivity index (χ3n) is 3.86. The first-order valence-corrected chi connectivity index (χ1v) is 8.58. The van der Waals surface area contributed by atoms with E-state index in [9.17, 15) is 19.7 Å². The molecule has 9 heteroatoms. The molecule has 0 aliphatic heterocycles. The van der Waals surface area contributed by atoms with E-state index in [0.717, 1.165) is 0 Å². The summed E-state index contributed by atoms with van der Waals surface area (Å²) >= 11 is 5.79. The van der Waals surface area contributed by atoms with Crippen LogP contribution in [-0.2, 0) is 4.79 Å². The minimum Gasteiger partial charge on any atom is -0.478 e. The molecule has 29 heavy (non-hydrogen) atoms. The highest BCUT2D eigenvalue weighted by atomic mass is 35.5. The number of nitrogens with one attached hydrogen (secondary N) is 1. The van der Waals surface area contributed by atoms with E-state index in [4.69, 9.17) is 21.1 Å². The molecule has 0 fully saturated rings. The Balaban J connectivity index is 1.73. The molecule has 0 aliphatic carbocycles. The lowest BCUT2D eigenvalue weighted by Gasteiger charge is -2.04. The average molecular weight is 413 g/mol. The molecule has 1 amide bonds. The van der Waals surface area contributed by atoms with E-state index in [1.54, 1.807) is 30.3 Å². The number of rotatable bonds is 6. The van der Waals surface area contributed by atoms with Gasteiger partial charge < -0.3 is 14.8 Å². The second-order valence-corrected chi connectivity index (χ2v) is 6.21. The van der Waals surface area contributed by atoms with Crippen LogP contribution in [0.5, 0.6) is 0 Å². The largest absolute Gasteiger partial charge is 0.478 e. The number of hydrogen-bond donors (Lipinski definition) is 2. The zero-order valence-electron chi connectivity index (χ0n) is 14.7. The summed E-state index contributed by atoms with van der Waals surface area (Å²) in [6.07, 6.45) is 2.58. The monoisotopic (exact) mass is 412 g/mol. The maximum atomic E-state index is 12.1. The molecule has 146 valence electrons. The highest BCUT2D eigenvalue weighted by Gasteiger charge is 2.16. The molecular formula is C20H13ClN2O6. The van der Waals surface area contributed by atoms with Crippen LogP contribution in [0, 0.1) is 10.1 Å². The van der Waals surface area contributed by atoms with Gasteiger partial charge in [-0.3, -0.25) is 14.9 Å². The number of amides is 1. The number of carboxylic acid groups (broad SMARTS) is 1. The second kappa shape index (κ2) is 8.41. The first-order valence-electron chi connectivity index (χ1n) is 8.20. The number of nitro groups is 1. The molecule has 0 saturated heterocycles. The number of anilines is 1. The fourth-order valence-corrected chi connectivity index (χ4v) is 2.74. The van der Waals surface area contributed by atoms with Crippen LogP contribution in [0.1, 0.15) is 16.1 Å². The van der Waals surface area contributed by atoms with Crippen molar-refractivity contribution in [3.63, 3.8) is 0 Å². The summed E-state index contributed by atoms with van der Waals surface area (Å²) in [7, 11) is 0. The number of carbonyl (C=O) groups excluding carboxylic acids is 1. The Kier molecular flexibility index (Phi) is 5.75. The molecule has 0 saturated carbocycles. The topological polar surface area (TPSA) is 123 Å². The van der Waals surface area contributed by atoms with Crippen molar-refractivity contribution in [2.24, 2.45) is 0 Å². The van der Waals surface area contributed by atoms with Crippen molar-refractivity contribution in [3.05, 3.63) is 87.1 Å². The van der Waals surface area contributed by atoms with Crippen LogP contribution < -0.4 is 5.32 Å². The number of carboxylic acids is 1. The molecular weight excluding hydrogens is 400 g/mol. The van der Waals surface area contributed by atoms with Gasteiger partial charge >= 0.3 is 5.97 Å². The van der Waals surface area contributed by atoms with Crippen LogP contribution in [0.4, 0.5) is 11.4 Å². The van der Waals surface area contributed by atoms with Gasteiger partial charge in [-0.2, -0.15) is 0 Å². The van der Waals surface area contributed by atoms with E-state index in [0.29, 0.717) is 17.1 Å². The van der Waals surface area contributed by atoms with Crippen molar-refractivity contribution in [2.45, 2.75) is 0 Å². The summed E-state index contributed by atoms with van der Waals surface area (Å²) in [6.45, 7) is 0. The molecule has 0 atom stereocenters. The van der Waals surface area contributed by atoms with Gasteiger partial charge in [0.25, 0.3) is 5.69 Å². The molecule has 8 nitrogen and oxygen atoms in total. The lowest BCUT2D eigenvalue weighted by atomic mass is 10.1. The van der Waals surface area contributed by atoms with Crippen LogP contribution in [-0.4, -0.2) is 21.9 Å². The maximum absolute atomic E-state index is 12.1. The van der Waals surface area contributed by atoms with Crippen LogP contribution in [0.25, 0.3) is 17.4 Å². The predicted octanol–water partition coefficient (Wildman–Crippen LogP) is 4.86. The Hall–Kier alpha value is -3.91. The molecule has 2 N–H and O–H groups in total. The predicted molar refractivity (Wildman–Crippen MR) is 107 cm³/mol. The third-order valence-corrected chi connectivity index (χ3v) is 4.19. The van der Waals surface area contributed by atoms with Gasteiger partial charge in [-0.15, -0.1) is 0 Å². The highest BCUT2D eigenvalue weighted by Crippen LogP contribution is 2.31. The zero-order valence-corrected chi connectivity index (χ0v) is 15.4. The minimum atomic E-state index is -1.21. The van der Waals surface area contributed by atoms with Gasteiger partial charge in [0.05, 0.1) is 21.1 Å². The van der Waals surface area contributed by atoms with Crippen molar-refractivity contribution < 1.29 is 24.0 Å². The number of para-hydroxylation sites is 1. The Labute approximate surface area is 169 Å². The van der Waals surface area contributed by atoms with Crippen molar-refractivity contribution in [1.29, 1.82) is 0 Å². The van der Waals surface area contributed by atoms with E-state index < -0.39 is 16.8 Å². The minimum absolute atomic E-state index is 0.0594. The Bertz CT molecular complexity index is 1140. The first-order chi connectivity index (χ1) is 13.8. The Morgan fingerprint density at radius 2 is 1.90 bits per heavy atom. The van der Waals surface area contributed by atoms with E-state index in [1.807, 2.05) is 0 Å². The number of hydrogen-bond acceptors (Lipinski definition) is 5. The Morgan fingerprint density at radius 3 is 2.62 bits per heavy atom. The molecule has 2 aromatic carbocycles. The van der Waals surface area contributed by atoms with Crippen molar-refractivity contribution in [3.8, 4) is 11.3 Å². The SMILES string of the molecule is O=C(/C=C/c1ccc(-c2ccccc2[N+](=O)[O-])o1)Nc1ccc(Cl)c(C(=O)O)c1. The standard InChI is InChI=1S/C20H13ClN2O6/c21-16-8-5-12(11-15(16)20(25)26)22-19(24)10-7-13-6-9-18(29-13)14-3-1-2-4-17(14)23(27)28/h1-11H,(H,22,24)(H,25,26)/b10-7+. The number of halogens is 1. The quantitative estimate of drug-likeness (QED) is 0.338. The van der Waals surface area contributed by atoms with Crippen LogP contribution in [0.3, 0.4) is 0 Å². The van der Waals surface area contributed by atoms with Crippen LogP contribution in [0.15, 0.2) is 65.1 Å². The van der Waals surface area contributed by atoms with E-state index in [1.165, 1.54) is 36.4 Å². The third kappa shape index (κ3) is 4.69. The number of carbonyl (C=O) groups is 2. The summed E-state index contributed by atoms with van der Waals surface area (Å²) in [5.74, 6) is -1.12. The fourth-order valence-electron chi connectivity index (χ4n) is 2.54. The molecule has 1 aromatic heterocycles. The van der Waals surface area contributed by atoms with Gasteiger partial charge in [-0.25, -0.2) is 4.79 Å². The Morgan fingerprint density at radius 1 is 1.14 bits per heavy atom. The van der Waals surface area contributed by atoms with Gasteiger partial charge in [-0.05, 0) is 42.5 Å². The lowest BCUT2D eigenvalue weighted by Crippen LogP contribution is -2.09.